The van der Waals surface area contributed by atoms with Gasteiger partial charge in [-0.3, -0.25) is 4.21 Å². The van der Waals surface area contributed by atoms with Crippen molar-refractivity contribution in [2.24, 2.45) is 0 Å². The second-order valence-electron chi connectivity index (χ2n) is 5.47. The van der Waals surface area contributed by atoms with Crippen molar-refractivity contribution in [1.82, 2.24) is 0 Å². The molecule has 3 heteroatoms. The van der Waals surface area contributed by atoms with Crippen LogP contribution in [0.5, 0.6) is 0 Å². The van der Waals surface area contributed by atoms with Crippen LogP contribution in [0.4, 0.5) is 11.4 Å². The van der Waals surface area contributed by atoms with Crippen LogP contribution < -0.4 is 4.90 Å². The summed E-state index contributed by atoms with van der Waals surface area (Å²) in [5.41, 5.74) is 2.22. The summed E-state index contributed by atoms with van der Waals surface area (Å²) in [5.74, 6) is 0. The maximum Gasteiger partial charge on any atom is 0.0622 e. The lowest BCUT2D eigenvalue weighted by Gasteiger charge is -2.27. The van der Waals surface area contributed by atoms with Gasteiger partial charge in [0.2, 0.25) is 0 Å². The molecule has 2 nitrogen and oxygen atoms in total. The van der Waals surface area contributed by atoms with Gasteiger partial charge < -0.3 is 4.90 Å². The van der Waals surface area contributed by atoms with Gasteiger partial charge in [-0.1, -0.05) is 56.5 Å². The van der Waals surface area contributed by atoms with E-state index in [1.807, 2.05) is 24.3 Å². The van der Waals surface area contributed by atoms with E-state index in [0.717, 1.165) is 29.2 Å². The van der Waals surface area contributed by atoms with Gasteiger partial charge in [-0.15, -0.1) is 0 Å². The standard InChI is InChI=1S/C19H25NOS/c1-3-4-5-11-16-20(17-12-7-6-8-13-17)18-14-9-10-15-19(18)22(2)21/h6-10,12-15H,3-5,11,16H2,1-2H3. The molecular formula is C19H25NOS. The molecule has 2 rings (SSSR count). The summed E-state index contributed by atoms with van der Waals surface area (Å²) in [5, 5.41) is 0. The Bertz CT molecular complexity index is 597. The Balaban J connectivity index is 2.30. The summed E-state index contributed by atoms with van der Waals surface area (Å²) in [6.07, 6.45) is 6.63. The van der Waals surface area contributed by atoms with Crippen LogP contribution >= 0.6 is 0 Å². The summed E-state index contributed by atoms with van der Waals surface area (Å²) in [7, 11) is -0.985. The second kappa shape index (κ2) is 8.74. The molecule has 0 aliphatic heterocycles. The van der Waals surface area contributed by atoms with Crippen molar-refractivity contribution in [3.8, 4) is 0 Å². The maximum absolute atomic E-state index is 12.1. The van der Waals surface area contributed by atoms with Crippen molar-refractivity contribution in [3.05, 3.63) is 54.6 Å². The van der Waals surface area contributed by atoms with Gasteiger partial charge in [-0.05, 0) is 30.7 Å². The third-order valence-corrected chi connectivity index (χ3v) is 4.73. The van der Waals surface area contributed by atoms with Gasteiger partial charge in [-0.25, -0.2) is 0 Å². The van der Waals surface area contributed by atoms with Gasteiger partial charge in [0, 0.05) is 18.5 Å². The molecule has 0 amide bonds. The van der Waals surface area contributed by atoms with E-state index >= 15 is 0 Å². The van der Waals surface area contributed by atoms with Crippen LogP contribution in [-0.2, 0) is 10.8 Å². The molecule has 0 aromatic heterocycles. The van der Waals surface area contributed by atoms with Crippen LogP contribution in [0.1, 0.15) is 32.6 Å². The number of nitrogens with zero attached hydrogens (tertiary/aromatic N) is 1. The minimum atomic E-state index is -0.985. The molecule has 22 heavy (non-hydrogen) atoms. The van der Waals surface area contributed by atoms with Gasteiger partial charge in [0.1, 0.15) is 0 Å². The Kier molecular flexibility index (Phi) is 6.66. The summed E-state index contributed by atoms with van der Waals surface area (Å²) in [6, 6.07) is 18.4. The van der Waals surface area contributed by atoms with E-state index in [9.17, 15) is 4.21 Å². The van der Waals surface area contributed by atoms with Crippen molar-refractivity contribution in [1.29, 1.82) is 0 Å². The fourth-order valence-electron chi connectivity index (χ4n) is 2.62. The topological polar surface area (TPSA) is 20.3 Å². The van der Waals surface area contributed by atoms with Crippen LogP contribution in [-0.4, -0.2) is 17.0 Å². The van der Waals surface area contributed by atoms with Gasteiger partial charge in [0.25, 0.3) is 0 Å². The van der Waals surface area contributed by atoms with E-state index in [-0.39, 0.29) is 0 Å². The first-order chi connectivity index (χ1) is 10.7. The first-order valence-corrected chi connectivity index (χ1v) is 9.55. The number of anilines is 2. The third-order valence-electron chi connectivity index (χ3n) is 3.77. The summed E-state index contributed by atoms with van der Waals surface area (Å²) < 4.78 is 12.1. The van der Waals surface area contributed by atoms with E-state index in [1.165, 1.54) is 19.3 Å². The van der Waals surface area contributed by atoms with Gasteiger partial charge in [-0.2, -0.15) is 0 Å². The lowest BCUT2D eigenvalue weighted by molar-refractivity contribution is 0.666. The monoisotopic (exact) mass is 315 g/mol. The highest BCUT2D eigenvalue weighted by Crippen LogP contribution is 2.30. The lowest BCUT2D eigenvalue weighted by atomic mass is 10.1. The molecule has 0 spiro atoms. The zero-order chi connectivity index (χ0) is 15.8. The number of hydrogen-bond donors (Lipinski definition) is 0. The van der Waals surface area contributed by atoms with E-state index in [0.29, 0.717) is 0 Å². The van der Waals surface area contributed by atoms with Crippen molar-refractivity contribution >= 4 is 22.2 Å². The van der Waals surface area contributed by atoms with Gasteiger partial charge in [0.15, 0.2) is 0 Å². The highest BCUT2D eigenvalue weighted by molar-refractivity contribution is 7.84. The average molecular weight is 315 g/mol. The van der Waals surface area contributed by atoms with E-state index in [2.05, 4.69) is 42.2 Å². The minimum absolute atomic E-state index is 0.904. The average Bonchev–Trinajstić information content (AvgIpc) is 2.56. The molecule has 118 valence electrons. The SMILES string of the molecule is CCCCCCN(c1ccccc1)c1ccccc1S(C)=O. The van der Waals surface area contributed by atoms with Gasteiger partial charge in [0.05, 0.1) is 21.4 Å². The van der Waals surface area contributed by atoms with Crippen LogP contribution in [0, 0.1) is 0 Å². The molecule has 2 aromatic rings. The maximum atomic E-state index is 12.1. The molecule has 2 aromatic carbocycles. The van der Waals surface area contributed by atoms with Crippen molar-refractivity contribution < 1.29 is 4.21 Å². The molecule has 0 aliphatic rings. The molecule has 0 radical (unpaired) electrons. The van der Waals surface area contributed by atoms with Crippen LogP contribution in [0.25, 0.3) is 0 Å². The predicted octanol–water partition coefficient (Wildman–Crippen LogP) is 5.14. The highest BCUT2D eigenvalue weighted by Gasteiger charge is 2.14. The highest BCUT2D eigenvalue weighted by atomic mass is 32.2. The Labute approximate surface area is 136 Å². The molecule has 0 N–H and O–H groups in total. The number of para-hydroxylation sites is 2. The molecule has 0 saturated heterocycles. The van der Waals surface area contributed by atoms with E-state index in [1.54, 1.807) is 6.26 Å². The summed E-state index contributed by atoms with van der Waals surface area (Å²) >= 11 is 0. The number of hydrogen-bond acceptors (Lipinski definition) is 2. The number of rotatable bonds is 8. The zero-order valence-corrected chi connectivity index (χ0v) is 14.3. The van der Waals surface area contributed by atoms with Crippen molar-refractivity contribution in [2.75, 3.05) is 17.7 Å². The number of unbranched alkanes of at least 4 members (excludes halogenated alkanes) is 3. The first kappa shape index (κ1) is 16.8. The van der Waals surface area contributed by atoms with Crippen molar-refractivity contribution in [3.63, 3.8) is 0 Å². The zero-order valence-electron chi connectivity index (χ0n) is 13.5. The molecule has 1 unspecified atom stereocenters. The van der Waals surface area contributed by atoms with Crippen LogP contribution in [0.3, 0.4) is 0 Å². The molecule has 0 heterocycles. The molecular weight excluding hydrogens is 290 g/mol. The van der Waals surface area contributed by atoms with Gasteiger partial charge >= 0.3 is 0 Å². The fourth-order valence-corrected chi connectivity index (χ4v) is 3.36. The van der Waals surface area contributed by atoms with Crippen LogP contribution in [0.15, 0.2) is 59.5 Å². The Hall–Kier alpha value is -1.61. The smallest absolute Gasteiger partial charge is 0.0622 e. The second-order valence-corrected chi connectivity index (χ2v) is 6.82. The minimum Gasteiger partial charge on any atom is -0.341 e. The quantitative estimate of drug-likeness (QED) is 0.628. The summed E-state index contributed by atoms with van der Waals surface area (Å²) in [4.78, 5) is 3.20. The Morgan fingerprint density at radius 1 is 0.909 bits per heavy atom. The Morgan fingerprint density at radius 2 is 1.59 bits per heavy atom. The van der Waals surface area contributed by atoms with E-state index < -0.39 is 10.8 Å². The third kappa shape index (κ3) is 4.44. The van der Waals surface area contributed by atoms with E-state index in [4.69, 9.17) is 0 Å². The number of benzene rings is 2. The lowest BCUT2D eigenvalue weighted by Crippen LogP contribution is -2.20. The predicted molar refractivity (Wildman–Crippen MR) is 96.4 cm³/mol. The molecule has 0 bridgehead atoms. The fraction of sp³-hybridized carbons (Fsp3) is 0.368. The van der Waals surface area contributed by atoms with Crippen molar-refractivity contribution in [2.45, 2.75) is 37.5 Å². The summed E-state index contributed by atoms with van der Waals surface area (Å²) in [6.45, 7) is 3.18. The molecule has 0 aliphatic carbocycles. The normalized spacial score (nSPS) is 12.1. The molecule has 1 atom stereocenters. The first-order valence-electron chi connectivity index (χ1n) is 7.99. The molecule has 0 fully saturated rings. The Morgan fingerprint density at radius 3 is 2.27 bits per heavy atom. The van der Waals surface area contributed by atoms with Crippen LogP contribution in [0.2, 0.25) is 0 Å². The largest absolute Gasteiger partial charge is 0.341 e. The molecule has 0 saturated carbocycles.